The summed E-state index contributed by atoms with van der Waals surface area (Å²) in [4.78, 5) is 22.8. The normalized spacial score (nSPS) is 12.9. The molecule has 0 spiro atoms. The van der Waals surface area contributed by atoms with Crippen LogP contribution in [0, 0.1) is 12.8 Å². The standard InChI is InChI=1S/C16H24ClN3O2/c1-10(2)9-20-16(17)14(13(5)19-20)6-7-15(22)18-11(3)8-12(4)21/h6-7,10-11H,8-9H2,1-5H3,(H,18,22)/b7-6+/t11-/m1/s1. The molecule has 0 unspecified atom stereocenters. The lowest BCUT2D eigenvalue weighted by atomic mass is 10.2. The molecule has 1 aromatic rings. The number of carbonyl (C=O) groups is 2. The SMILES string of the molecule is CC(=O)C[C@@H](C)NC(=O)/C=C/c1c(C)nn(CC(C)C)c1Cl. The Labute approximate surface area is 136 Å². The smallest absolute Gasteiger partial charge is 0.244 e. The van der Waals surface area contributed by atoms with Crippen LogP contribution in [0.5, 0.6) is 0 Å². The van der Waals surface area contributed by atoms with Crippen molar-refractivity contribution in [2.24, 2.45) is 5.92 Å². The summed E-state index contributed by atoms with van der Waals surface area (Å²) < 4.78 is 1.75. The fourth-order valence-electron chi connectivity index (χ4n) is 2.16. The zero-order valence-corrected chi connectivity index (χ0v) is 14.6. The zero-order valence-electron chi connectivity index (χ0n) is 13.8. The number of rotatable bonds is 7. The lowest BCUT2D eigenvalue weighted by Gasteiger charge is -2.09. The third kappa shape index (κ3) is 5.64. The Balaban J connectivity index is 2.75. The summed E-state index contributed by atoms with van der Waals surface area (Å²) in [7, 11) is 0. The summed E-state index contributed by atoms with van der Waals surface area (Å²) in [5.74, 6) is 0.232. The number of amides is 1. The second-order valence-corrected chi connectivity index (χ2v) is 6.37. The van der Waals surface area contributed by atoms with E-state index in [0.717, 1.165) is 17.8 Å². The molecule has 0 radical (unpaired) electrons. The monoisotopic (exact) mass is 325 g/mol. The molecule has 122 valence electrons. The molecular weight excluding hydrogens is 302 g/mol. The number of Topliss-reactive ketones (excluding diaryl/α,β-unsaturated/α-hetero) is 1. The van der Waals surface area contributed by atoms with Gasteiger partial charge in [-0.2, -0.15) is 5.10 Å². The van der Waals surface area contributed by atoms with Crippen LogP contribution >= 0.6 is 11.6 Å². The lowest BCUT2D eigenvalue weighted by Crippen LogP contribution is -2.32. The lowest BCUT2D eigenvalue weighted by molar-refractivity contribution is -0.118. The molecule has 5 nitrogen and oxygen atoms in total. The number of halogens is 1. The van der Waals surface area contributed by atoms with Gasteiger partial charge in [-0.15, -0.1) is 0 Å². The summed E-state index contributed by atoms with van der Waals surface area (Å²) in [6, 6.07) is -0.185. The Morgan fingerprint density at radius 1 is 1.36 bits per heavy atom. The van der Waals surface area contributed by atoms with Crippen molar-refractivity contribution in [2.45, 2.75) is 53.6 Å². The van der Waals surface area contributed by atoms with E-state index in [1.165, 1.54) is 13.0 Å². The van der Waals surface area contributed by atoms with E-state index in [2.05, 4.69) is 24.3 Å². The highest BCUT2D eigenvalue weighted by Crippen LogP contribution is 2.22. The first kappa shape index (κ1) is 18.4. The van der Waals surface area contributed by atoms with E-state index in [-0.39, 0.29) is 17.7 Å². The third-order valence-electron chi connectivity index (χ3n) is 3.03. The topological polar surface area (TPSA) is 64.0 Å². The van der Waals surface area contributed by atoms with Gasteiger partial charge in [0.05, 0.1) is 5.69 Å². The number of ketones is 1. The van der Waals surface area contributed by atoms with Crippen LogP contribution < -0.4 is 5.32 Å². The number of hydrogen-bond donors (Lipinski definition) is 1. The van der Waals surface area contributed by atoms with Gasteiger partial charge < -0.3 is 5.32 Å². The minimum Gasteiger partial charge on any atom is -0.350 e. The van der Waals surface area contributed by atoms with Gasteiger partial charge in [-0.05, 0) is 32.8 Å². The van der Waals surface area contributed by atoms with Crippen molar-refractivity contribution < 1.29 is 9.59 Å². The Morgan fingerprint density at radius 3 is 2.55 bits per heavy atom. The molecule has 0 aliphatic carbocycles. The second kappa shape index (κ2) is 8.13. The summed E-state index contributed by atoms with van der Waals surface area (Å²) >= 11 is 6.30. The molecule has 0 saturated carbocycles. The molecule has 1 amide bonds. The number of nitrogens with zero attached hydrogens (tertiary/aromatic N) is 2. The molecule has 6 heteroatoms. The molecule has 1 rings (SSSR count). The highest BCUT2D eigenvalue weighted by Gasteiger charge is 2.13. The van der Waals surface area contributed by atoms with Crippen molar-refractivity contribution in [3.63, 3.8) is 0 Å². The van der Waals surface area contributed by atoms with Gasteiger partial charge >= 0.3 is 0 Å². The van der Waals surface area contributed by atoms with Crippen LogP contribution in [0.2, 0.25) is 5.15 Å². The largest absolute Gasteiger partial charge is 0.350 e. The van der Waals surface area contributed by atoms with Crippen LogP contribution in [0.1, 0.15) is 45.4 Å². The molecule has 0 aromatic carbocycles. The maximum Gasteiger partial charge on any atom is 0.244 e. The Bertz CT molecular complexity index is 576. The Kier molecular flexibility index (Phi) is 6.81. The first-order valence-electron chi connectivity index (χ1n) is 7.41. The van der Waals surface area contributed by atoms with Crippen molar-refractivity contribution in [1.82, 2.24) is 15.1 Å². The van der Waals surface area contributed by atoms with Gasteiger partial charge in [-0.3, -0.25) is 14.3 Å². The predicted molar refractivity (Wildman–Crippen MR) is 88.7 cm³/mol. The van der Waals surface area contributed by atoms with E-state index >= 15 is 0 Å². The molecule has 0 aliphatic heterocycles. The van der Waals surface area contributed by atoms with Gasteiger partial charge in [-0.25, -0.2) is 0 Å². The maximum absolute atomic E-state index is 11.8. The van der Waals surface area contributed by atoms with Gasteiger partial charge in [0.25, 0.3) is 0 Å². The highest BCUT2D eigenvalue weighted by molar-refractivity contribution is 6.31. The van der Waals surface area contributed by atoms with Crippen LogP contribution in [0.4, 0.5) is 0 Å². The molecule has 0 bridgehead atoms. The predicted octanol–water partition coefficient (Wildman–Crippen LogP) is 3.00. The van der Waals surface area contributed by atoms with Crippen molar-refractivity contribution in [3.8, 4) is 0 Å². The maximum atomic E-state index is 11.8. The molecule has 0 saturated heterocycles. The number of aromatic nitrogens is 2. The number of aryl methyl sites for hydroxylation is 1. The van der Waals surface area contributed by atoms with Crippen LogP contribution in [0.15, 0.2) is 6.08 Å². The molecule has 1 atom stereocenters. The van der Waals surface area contributed by atoms with E-state index in [9.17, 15) is 9.59 Å². The third-order valence-corrected chi connectivity index (χ3v) is 3.43. The summed E-state index contributed by atoms with van der Waals surface area (Å²) in [6.07, 6.45) is 3.41. The van der Waals surface area contributed by atoms with Crippen LogP contribution in [-0.4, -0.2) is 27.5 Å². The van der Waals surface area contributed by atoms with Crippen molar-refractivity contribution in [2.75, 3.05) is 0 Å². The quantitative estimate of drug-likeness (QED) is 0.784. The molecule has 1 N–H and O–H groups in total. The van der Waals surface area contributed by atoms with Gasteiger partial charge in [0.15, 0.2) is 0 Å². The van der Waals surface area contributed by atoms with Crippen molar-refractivity contribution in [3.05, 3.63) is 22.5 Å². The molecule has 0 aliphatic rings. The van der Waals surface area contributed by atoms with E-state index in [4.69, 9.17) is 11.6 Å². The Morgan fingerprint density at radius 2 is 2.00 bits per heavy atom. The molecule has 22 heavy (non-hydrogen) atoms. The van der Waals surface area contributed by atoms with Gasteiger partial charge in [0.1, 0.15) is 10.9 Å². The molecular formula is C16H24ClN3O2. The number of hydrogen-bond acceptors (Lipinski definition) is 3. The van der Waals surface area contributed by atoms with Gasteiger partial charge in [0, 0.05) is 30.6 Å². The number of nitrogens with one attached hydrogen (secondary N) is 1. The van der Waals surface area contributed by atoms with E-state index in [1.807, 2.05) is 6.92 Å². The fraction of sp³-hybridized carbons (Fsp3) is 0.562. The molecule has 0 fully saturated rings. The first-order valence-corrected chi connectivity index (χ1v) is 7.79. The second-order valence-electron chi connectivity index (χ2n) is 6.01. The van der Waals surface area contributed by atoms with E-state index in [0.29, 0.717) is 17.5 Å². The first-order chi connectivity index (χ1) is 10.2. The van der Waals surface area contributed by atoms with Crippen molar-refractivity contribution >= 4 is 29.4 Å². The van der Waals surface area contributed by atoms with Crippen molar-refractivity contribution in [1.29, 1.82) is 0 Å². The van der Waals surface area contributed by atoms with Crippen LogP contribution in [0.3, 0.4) is 0 Å². The molecule has 1 aromatic heterocycles. The molecule has 1 heterocycles. The minimum absolute atomic E-state index is 0.0469. The highest BCUT2D eigenvalue weighted by atomic mass is 35.5. The average Bonchev–Trinajstić information content (AvgIpc) is 2.60. The van der Waals surface area contributed by atoms with Crippen LogP contribution in [-0.2, 0) is 16.1 Å². The average molecular weight is 326 g/mol. The summed E-state index contributed by atoms with van der Waals surface area (Å²) in [5.41, 5.74) is 1.53. The number of carbonyl (C=O) groups excluding carboxylic acids is 2. The Hall–Kier alpha value is -1.62. The van der Waals surface area contributed by atoms with E-state index in [1.54, 1.807) is 17.7 Å². The summed E-state index contributed by atoms with van der Waals surface area (Å²) in [5, 5.41) is 7.66. The van der Waals surface area contributed by atoms with Crippen LogP contribution in [0.25, 0.3) is 6.08 Å². The van der Waals surface area contributed by atoms with Gasteiger partial charge in [0.2, 0.25) is 5.91 Å². The summed E-state index contributed by atoms with van der Waals surface area (Å²) in [6.45, 7) is 10.1. The fourth-order valence-corrected chi connectivity index (χ4v) is 2.46. The minimum atomic E-state index is -0.249. The zero-order chi connectivity index (χ0) is 16.9. The van der Waals surface area contributed by atoms with Gasteiger partial charge in [-0.1, -0.05) is 25.4 Å². The van der Waals surface area contributed by atoms with E-state index < -0.39 is 0 Å².